The van der Waals surface area contributed by atoms with Gasteiger partial charge in [-0.1, -0.05) is 6.92 Å². The standard InChI is InChI=1S/C14H15N3S2/c1-2-15-12(8-14-16-4-6-19-14)10-7-13-11(17-9-10)3-5-18-13/h3-7,9,12,15H,2,8H2,1H3. The molecule has 3 aromatic rings. The van der Waals surface area contributed by atoms with Gasteiger partial charge in [-0.05, 0) is 29.6 Å². The zero-order valence-corrected chi connectivity index (χ0v) is 12.3. The lowest BCUT2D eigenvalue weighted by Crippen LogP contribution is -2.23. The Kier molecular flexibility index (Phi) is 3.87. The topological polar surface area (TPSA) is 37.8 Å². The summed E-state index contributed by atoms with van der Waals surface area (Å²) >= 11 is 3.45. The maximum absolute atomic E-state index is 4.53. The minimum absolute atomic E-state index is 0.287. The van der Waals surface area contributed by atoms with Gasteiger partial charge in [0, 0.05) is 30.2 Å². The first-order valence-corrected chi connectivity index (χ1v) is 8.07. The molecule has 1 atom stereocenters. The largest absolute Gasteiger partial charge is 0.310 e. The minimum Gasteiger partial charge on any atom is -0.310 e. The maximum Gasteiger partial charge on any atom is 0.0943 e. The number of pyridine rings is 1. The lowest BCUT2D eigenvalue weighted by atomic mass is 10.1. The molecule has 3 heterocycles. The summed E-state index contributed by atoms with van der Waals surface area (Å²) in [5.41, 5.74) is 2.32. The Morgan fingerprint density at radius 1 is 1.26 bits per heavy atom. The number of aromatic nitrogens is 2. The van der Waals surface area contributed by atoms with Gasteiger partial charge < -0.3 is 5.32 Å². The Hall–Kier alpha value is -1.30. The van der Waals surface area contributed by atoms with Crippen LogP contribution in [0.15, 0.2) is 35.3 Å². The van der Waals surface area contributed by atoms with E-state index in [0.717, 1.165) is 23.5 Å². The fourth-order valence-corrected chi connectivity index (χ4v) is 3.59. The number of nitrogens with one attached hydrogen (secondary N) is 1. The highest BCUT2D eigenvalue weighted by Gasteiger charge is 2.14. The summed E-state index contributed by atoms with van der Waals surface area (Å²) in [6.07, 6.45) is 4.77. The van der Waals surface area contributed by atoms with Crippen LogP contribution in [0.3, 0.4) is 0 Å². The van der Waals surface area contributed by atoms with Crippen molar-refractivity contribution in [2.24, 2.45) is 0 Å². The molecule has 98 valence electrons. The van der Waals surface area contributed by atoms with Gasteiger partial charge >= 0.3 is 0 Å². The van der Waals surface area contributed by atoms with E-state index < -0.39 is 0 Å². The maximum atomic E-state index is 4.53. The van der Waals surface area contributed by atoms with E-state index in [4.69, 9.17) is 0 Å². The van der Waals surface area contributed by atoms with E-state index in [9.17, 15) is 0 Å². The molecule has 3 nitrogen and oxygen atoms in total. The van der Waals surface area contributed by atoms with Gasteiger partial charge in [-0.15, -0.1) is 22.7 Å². The third-order valence-electron chi connectivity index (χ3n) is 3.04. The summed E-state index contributed by atoms with van der Waals surface area (Å²) in [4.78, 5) is 8.90. The number of thiazole rings is 1. The first-order chi connectivity index (χ1) is 9.36. The third kappa shape index (κ3) is 2.83. The molecular formula is C14H15N3S2. The second-order valence-corrected chi connectivity index (χ2v) is 6.24. The van der Waals surface area contributed by atoms with Gasteiger partial charge in [-0.25, -0.2) is 4.98 Å². The quantitative estimate of drug-likeness (QED) is 0.779. The lowest BCUT2D eigenvalue weighted by molar-refractivity contribution is 0.548. The molecule has 1 unspecified atom stereocenters. The van der Waals surface area contributed by atoms with Gasteiger partial charge in [0.15, 0.2) is 0 Å². The Morgan fingerprint density at radius 3 is 3.00 bits per heavy atom. The Morgan fingerprint density at radius 2 is 2.21 bits per heavy atom. The molecule has 0 aliphatic heterocycles. The van der Waals surface area contributed by atoms with Crippen molar-refractivity contribution < 1.29 is 0 Å². The van der Waals surface area contributed by atoms with Crippen LogP contribution in [-0.2, 0) is 6.42 Å². The van der Waals surface area contributed by atoms with Crippen LogP contribution in [0.2, 0.25) is 0 Å². The van der Waals surface area contributed by atoms with E-state index in [1.54, 1.807) is 22.7 Å². The van der Waals surface area contributed by atoms with Crippen LogP contribution in [0.5, 0.6) is 0 Å². The van der Waals surface area contributed by atoms with Crippen molar-refractivity contribution in [3.05, 3.63) is 45.9 Å². The highest BCUT2D eigenvalue weighted by atomic mass is 32.1. The molecule has 5 heteroatoms. The molecule has 0 aromatic carbocycles. The Balaban J connectivity index is 1.89. The van der Waals surface area contributed by atoms with Crippen LogP contribution >= 0.6 is 22.7 Å². The van der Waals surface area contributed by atoms with E-state index in [2.05, 4.69) is 39.7 Å². The fraction of sp³-hybridized carbons (Fsp3) is 0.286. The smallest absolute Gasteiger partial charge is 0.0943 e. The summed E-state index contributed by atoms with van der Waals surface area (Å²) in [5, 5.41) is 8.80. The normalized spacial score (nSPS) is 12.9. The number of hydrogen-bond donors (Lipinski definition) is 1. The lowest BCUT2D eigenvalue weighted by Gasteiger charge is -2.16. The molecule has 0 spiro atoms. The zero-order valence-electron chi connectivity index (χ0n) is 10.7. The predicted molar refractivity (Wildman–Crippen MR) is 81.9 cm³/mol. The average Bonchev–Trinajstić information content (AvgIpc) is 3.08. The number of thiophene rings is 1. The number of likely N-dealkylation sites (N-methyl/N-ethyl adjacent to an activating group) is 1. The van der Waals surface area contributed by atoms with Gasteiger partial charge in [-0.3, -0.25) is 4.98 Å². The van der Waals surface area contributed by atoms with Crippen LogP contribution in [0.4, 0.5) is 0 Å². The van der Waals surface area contributed by atoms with Gasteiger partial charge in [0.2, 0.25) is 0 Å². The van der Waals surface area contributed by atoms with Crippen LogP contribution in [-0.4, -0.2) is 16.5 Å². The van der Waals surface area contributed by atoms with Crippen molar-refractivity contribution in [1.29, 1.82) is 0 Å². The van der Waals surface area contributed by atoms with Crippen molar-refractivity contribution in [3.8, 4) is 0 Å². The summed E-state index contributed by atoms with van der Waals surface area (Å²) in [5.74, 6) is 0. The molecule has 0 amide bonds. The first-order valence-electron chi connectivity index (χ1n) is 6.31. The second kappa shape index (κ2) is 5.77. The van der Waals surface area contributed by atoms with Crippen LogP contribution in [0, 0.1) is 0 Å². The van der Waals surface area contributed by atoms with E-state index in [1.807, 2.05) is 17.8 Å². The molecule has 1 N–H and O–H groups in total. The van der Waals surface area contributed by atoms with Crippen LogP contribution in [0.25, 0.3) is 10.2 Å². The highest BCUT2D eigenvalue weighted by molar-refractivity contribution is 7.17. The van der Waals surface area contributed by atoms with Gasteiger partial charge in [0.05, 0.1) is 15.2 Å². The van der Waals surface area contributed by atoms with E-state index in [-0.39, 0.29) is 6.04 Å². The van der Waals surface area contributed by atoms with Crippen molar-refractivity contribution in [3.63, 3.8) is 0 Å². The monoisotopic (exact) mass is 289 g/mol. The van der Waals surface area contributed by atoms with Crippen molar-refractivity contribution in [1.82, 2.24) is 15.3 Å². The highest BCUT2D eigenvalue weighted by Crippen LogP contribution is 2.25. The summed E-state index contributed by atoms with van der Waals surface area (Å²) in [6.45, 7) is 3.07. The van der Waals surface area contributed by atoms with Gasteiger partial charge in [-0.2, -0.15) is 0 Å². The molecule has 19 heavy (non-hydrogen) atoms. The molecule has 0 radical (unpaired) electrons. The SMILES string of the molecule is CCNC(Cc1nccs1)c1cnc2ccsc2c1. The van der Waals surface area contributed by atoms with Gasteiger partial charge in [0.1, 0.15) is 0 Å². The molecule has 0 saturated heterocycles. The van der Waals surface area contributed by atoms with Crippen LogP contribution < -0.4 is 5.32 Å². The summed E-state index contributed by atoms with van der Waals surface area (Å²) in [7, 11) is 0. The molecular weight excluding hydrogens is 274 g/mol. The van der Waals surface area contributed by atoms with Crippen molar-refractivity contribution in [2.75, 3.05) is 6.54 Å². The molecule has 0 bridgehead atoms. The second-order valence-electron chi connectivity index (χ2n) is 4.31. The van der Waals surface area contributed by atoms with Gasteiger partial charge in [0.25, 0.3) is 0 Å². The van der Waals surface area contributed by atoms with Crippen molar-refractivity contribution >= 4 is 32.9 Å². The number of nitrogens with zero attached hydrogens (tertiary/aromatic N) is 2. The Bertz CT molecular complexity index is 646. The first kappa shape index (κ1) is 12.7. The predicted octanol–water partition coefficient (Wildman–Crippen LogP) is 3.65. The van der Waals surface area contributed by atoms with E-state index in [1.165, 1.54) is 10.3 Å². The molecule has 0 aliphatic rings. The van der Waals surface area contributed by atoms with E-state index in [0.29, 0.717) is 0 Å². The minimum atomic E-state index is 0.287. The zero-order chi connectivity index (χ0) is 13.1. The summed E-state index contributed by atoms with van der Waals surface area (Å²) in [6, 6.07) is 4.59. The van der Waals surface area contributed by atoms with Crippen molar-refractivity contribution in [2.45, 2.75) is 19.4 Å². The molecule has 0 fully saturated rings. The van der Waals surface area contributed by atoms with E-state index >= 15 is 0 Å². The fourth-order valence-electron chi connectivity index (χ4n) is 2.13. The number of rotatable bonds is 5. The molecule has 0 aliphatic carbocycles. The van der Waals surface area contributed by atoms with Crippen LogP contribution in [0.1, 0.15) is 23.5 Å². The Labute approximate surface area is 120 Å². The number of fused-ring (bicyclic) bond motifs is 1. The molecule has 3 rings (SSSR count). The molecule has 3 aromatic heterocycles. The third-order valence-corrected chi connectivity index (χ3v) is 4.69. The molecule has 0 saturated carbocycles. The number of hydrogen-bond acceptors (Lipinski definition) is 5. The average molecular weight is 289 g/mol. The summed E-state index contributed by atoms with van der Waals surface area (Å²) < 4.78 is 1.25.